The fourth-order valence-corrected chi connectivity index (χ4v) is 7.08. The highest BCUT2D eigenvalue weighted by molar-refractivity contribution is 9.10. The maximum Gasteiger partial charge on any atom is 0.338 e. The van der Waals surface area contributed by atoms with Gasteiger partial charge in [0.15, 0.2) is 16.3 Å². The Labute approximate surface area is 278 Å². The third-order valence-corrected chi connectivity index (χ3v) is 9.42. The van der Waals surface area contributed by atoms with Crippen molar-refractivity contribution in [2.45, 2.75) is 26.5 Å². The van der Waals surface area contributed by atoms with Crippen LogP contribution in [-0.4, -0.2) is 31.4 Å². The second-order valence-corrected chi connectivity index (χ2v) is 12.4. The second-order valence-electron chi connectivity index (χ2n) is 10.5. The number of hydrogen-bond acceptors (Lipinski definition) is 8. The molecule has 8 nitrogen and oxygen atoms in total. The van der Waals surface area contributed by atoms with Crippen molar-refractivity contribution in [2.24, 2.45) is 4.99 Å². The summed E-state index contributed by atoms with van der Waals surface area (Å²) in [4.78, 5) is 33.1. The molecule has 0 radical (unpaired) electrons. The van der Waals surface area contributed by atoms with Crippen molar-refractivity contribution >= 4 is 50.1 Å². The Balaban J connectivity index is 1.51. The van der Waals surface area contributed by atoms with Crippen LogP contribution in [0.1, 0.15) is 36.6 Å². The lowest BCUT2D eigenvalue weighted by Gasteiger charge is -2.27. The number of ether oxygens (including phenoxy) is 4. The standard InChI is InChI=1S/C36H31BrN2O6S/c1-5-44-35(41)31-21(2)38-36-39(33(31)32-25-14-10-9-13-23(25)15-16-27(32)42-3)34(40)30(46-36)18-24-17-28(43-4)29(19-26(24)37)45-20-22-11-7-6-8-12-22/h6-19,33H,5,20H2,1-4H3/b30-18+. The van der Waals surface area contributed by atoms with Gasteiger partial charge in [-0.25, -0.2) is 9.79 Å². The molecule has 0 amide bonds. The van der Waals surface area contributed by atoms with Crippen LogP contribution in [0.25, 0.3) is 16.8 Å². The number of carbonyl (C=O) groups excluding carboxylic acids is 1. The quantitative estimate of drug-likeness (QED) is 0.168. The molecule has 1 aliphatic rings. The first-order valence-electron chi connectivity index (χ1n) is 14.6. The van der Waals surface area contributed by atoms with Crippen LogP contribution in [0.15, 0.2) is 104 Å². The second kappa shape index (κ2) is 13.4. The summed E-state index contributed by atoms with van der Waals surface area (Å²) in [6.45, 7) is 4.08. The first-order chi connectivity index (χ1) is 22.3. The molecule has 10 heteroatoms. The van der Waals surface area contributed by atoms with E-state index >= 15 is 0 Å². The van der Waals surface area contributed by atoms with E-state index in [0.717, 1.165) is 26.4 Å². The van der Waals surface area contributed by atoms with Crippen LogP contribution in [0, 0.1) is 0 Å². The smallest absolute Gasteiger partial charge is 0.338 e. The topological polar surface area (TPSA) is 88.4 Å². The van der Waals surface area contributed by atoms with E-state index in [1.165, 1.54) is 11.3 Å². The van der Waals surface area contributed by atoms with Gasteiger partial charge in [0.05, 0.1) is 36.6 Å². The molecule has 0 bridgehead atoms. The number of aromatic nitrogens is 1. The zero-order chi connectivity index (χ0) is 32.4. The summed E-state index contributed by atoms with van der Waals surface area (Å²) in [6, 6.07) is 24.3. The molecule has 0 fully saturated rings. The number of benzene rings is 4. The summed E-state index contributed by atoms with van der Waals surface area (Å²) in [5, 5.41) is 1.81. The van der Waals surface area contributed by atoms with Gasteiger partial charge < -0.3 is 18.9 Å². The summed E-state index contributed by atoms with van der Waals surface area (Å²) in [7, 11) is 3.16. The molecule has 234 valence electrons. The molecular weight excluding hydrogens is 668 g/mol. The molecule has 1 aliphatic heterocycles. The van der Waals surface area contributed by atoms with Gasteiger partial charge in [0.2, 0.25) is 0 Å². The molecule has 0 saturated heterocycles. The summed E-state index contributed by atoms with van der Waals surface area (Å²) in [6.07, 6.45) is 1.79. The van der Waals surface area contributed by atoms with Crippen LogP contribution in [0.4, 0.5) is 0 Å². The monoisotopic (exact) mass is 698 g/mol. The highest BCUT2D eigenvalue weighted by atomic mass is 79.9. The minimum atomic E-state index is -0.828. The number of halogens is 1. The van der Waals surface area contributed by atoms with E-state index in [1.807, 2.05) is 78.9 Å². The molecule has 0 aliphatic carbocycles. The Kier molecular flexibility index (Phi) is 9.10. The van der Waals surface area contributed by atoms with E-state index < -0.39 is 12.0 Å². The van der Waals surface area contributed by atoms with E-state index in [4.69, 9.17) is 23.9 Å². The summed E-state index contributed by atoms with van der Waals surface area (Å²) in [5.41, 5.74) is 2.91. The van der Waals surface area contributed by atoms with Crippen molar-refractivity contribution in [3.05, 3.63) is 131 Å². The Morgan fingerprint density at radius 3 is 2.46 bits per heavy atom. The lowest BCUT2D eigenvalue weighted by molar-refractivity contribution is -0.139. The predicted molar refractivity (Wildman–Crippen MR) is 182 cm³/mol. The highest BCUT2D eigenvalue weighted by Gasteiger charge is 2.36. The summed E-state index contributed by atoms with van der Waals surface area (Å²) >= 11 is 4.91. The van der Waals surface area contributed by atoms with E-state index in [9.17, 15) is 9.59 Å². The molecule has 5 aromatic rings. The summed E-state index contributed by atoms with van der Waals surface area (Å²) < 4.78 is 25.8. The Morgan fingerprint density at radius 1 is 0.978 bits per heavy atom. The number of hydrogen-bond donors (Lipinski definition) is 0. The van der Waals surface area contributed by atoms with E-state index in [2.05, 4.69) is 15.9 Å². The number of methoxy groups -OCH3 is 2. The number of carbonyl (C=O) groups is 1. The molecule has 6 rings (SSSR count). The van der Waals surface area contributed by atoms with Crippen molar-refractivity contribution in [1.29, 1.82) is 0 Å². The van der Waals surface area contributed by atoms with Crippen molar-refractivity contribution < 1.29 is 23.7 Å². The molecule has 0 N–H and O–H groups in total. The van der Waals surface area contributed by atoms with Gasteiger partial charge in [0.25, 0.3) is 5.56 Å². The van der Waals surface area contributed by atoms with Crippen molar-refractivity contribution in [3.63, 3.8) is 0 Å². The van der Waals surface area contributed by atoms with E-state index in [1.54, 1.807) is 38.7 Å². The Hall–Kier alpha value is -4.67. The van der Waals surface area contributed by atoms with Crippen LogP contribution in [0.3, 0.4) is 0 Å². The van der Waals surface area contributed by atoms with Gasteiger partial charge in [0.1, 0.15) is 18.4 Å². The number of allylic oxidation sites excluding steroid dienone is 1. The molecule has 2 heterocycles. The molecule has 1 aromatic heterocycles. The zero-order valence-corrected chi connectivity index (χ0v) is 28.1. The maximum atomic E-state index is 14.4. The van der Waals surface area contributed by atoms with Gasteiger partial charge in [-0.1, -0.05) is 87.9 Å². The Bertz CT molecular complexity index is 2170. The highest BCUT2D eigenvalue weighted by Crippen LogP contribution is 2.40. The van der Waals surface area contributed by atoms with E-state index in [-0.39, 0.29) is 12.2 Å². The van der Waals surface area contributed by atoms with Crippen LogP contribution in [-0.2, 0) is 16.1 Å². The number of esters is 1. The van der Waals surface area contributed by atoms with Crippen molar-refractivity contribution in [1.82, 2.24) is 4.57 Å². The van der Waals surface area contributed by atoms with Gasteiger partial charge in [-0.15, -0.1) is 0 Å². The molecule has 1 unspecified atom stereocenters. The van der Waals surface area contributed by atoms with Gasteiger partial charge in [-0.05, 0) is 60.0 Å². The summed E-state index contributed by atoms with van der Waals surface area (Å²) in [5.74, 6) is 1.11. The van der Waals surface area contributed by atoms with Gasteiger partial charge in [0, 0.05) is 10.0 Å². The van der Waals surface area contributed by atoms with Gasteiger partial charge >= 0.3 is 5.97 Å². The van der Waals surface area contributed by atoms with Crippen LogP contribution in [0.2, 0.25) is 0 Å². The molecule has 1 atom stereocenters. The minimum Gasteiger partial charge on any atom is -0.496 e. The van der Waals surface area contributed by atoms with Gasteiger partial charge in [-0.3, -0.25) is 9.36 Å². The first kappa shape index (κ1) is 31.3. The Morgan fingerprint density at radius 2 is 1.72 bits per heavy atom. The fourth-order valence-electron chi connectivity index (χ4n) is 5.61. The molecule has 4 aromatic carbocycles. The predicted octanol–water partition coefficient (Wildman–Crippen LogP) is 6.31. The first-order valence-corrected chi connectivity index (χ1v) is 16.2. The van der Waals surface area contributed by atoms with E-state index in [0.29, 0.717) is 50.0 Å². The number of fused-ring (bicyclic) bond motifs is 2. The molecule has 0 saturated carbocycles. The molecule has 46 heavy (non-hydrogen) atoms. The third-order valence-electron chi connectivity index (χ3n) is 7.75. The molecular formula is C36H31BrN2O6S. The van der Waals surface area contributed by atoms with Crippen molar-refractivity contribution in [3.8, 4) is 17.2 Å². The fraction of sp³-hybridized carbons (Fsp3) is 0.194. The van der Waals surface area contributed by atoms with Crippen molar-refractivity contribution in [2.75, 3.05) is 20.8 Å². The maximum absolute atomic E-state index is 14.4. The number of rotatable bonds is 9. The van der Waals surface area contributed by atoms with Crippen LogP contribution < -0.4 is 29.1 Å². The lowest BCUT2D eigenvalue weighted by atomic mass is 9.90. The van der Waals surface area contributed by atoms with Gasteiger partial charge in [-0.2, -0.15) is 0 Å². The average Bonchev–Trinajstić information content (AvgIpc) is 3.37. The third kappa shape index (κ3) is 5.86. The normalized spacial score (nSPS) is 14.5. The largest absolute Gasteiger partial charge is 0.496 e. The van der Waals surface area contributed by atoms with Crippen LogP contribution >= 0.6 is 27.3 Å². The SMILES string of the molecule is CCOC(=O)C1=C(C)N=c2s/c(=C/c3cc(OC)c(OCc4ccccc4)cc3Br)c(=O)n2C1c1c(OC)ccc2ccccc12. The minimum absolute atomic E-state index is 0.181. The number of nitrogens with zero attached hydrogens (tertiary/aromatic N) is 2. The lowest BCUT2D eigenvalue weighted by Crippen LogP contribution is -2.40. The number of thiazole rings is 1. The average molecular weight is 700 g/mol. The zero-order valence-electron chi connectivity index (χ0n) is 25.7. The molecule has 0 spiro atoms. The van der Waals surface area contributed by atoms with Crippen LogP contribution in [0.5, 0.6) is 17.2 Å².